The van der Waals surface area contributed by atoms with Gasteiger partial charge in [0.1, 0.15) is 0 Å². The number of hydrogen-bond acceptors (Lipinski definition) is 2. The topological polar surface area (TPSA) is 38.0 Å². The van der Waals surface area contributed by atoms with Crippen LogP contribution in [0.1, 0.15) is 17.2 Å². The minimum Gasteiger partial charge on any atom is -0.271 e. The summed E-state index contributed by atoms with van der Waals surface area (Å²) >= 11 is 24.1. The van der Waals surface area contributed by atoms with Crippen molar-refractivity contribution in [2.75, 3.05) is 0 Å². The van der Waals surface area contributed by atoms with Gasteiger partial charge < -0.3 is 0 Å². The molecular formula is C14H12Cl4N2. The van der Waals surface area contributed by atoms with Crippen LogP contribution in [0.5, 0.6) is 0 Å². The second kappa shape index (κ2) is 6.99. The van der Waals surface area contributed by atoms with Crippen molar-refractivity contribution in [3.8, 4) is 0 Å². The minimum absolute atomic E-state index is 0.138. The zero-order chi connectivity index (χ0) is 14.7. The molecule has 1 unspecified atom stereocenters. The molecule has 0 aliphatic carbocycles. The monoisotopic (exact) mass is 348 g/mol. The number of nitrogens with one attached hydrogen (secondary N) is 1. The maximum Gasteiger partial charge on any atom is 0.0624 e. The molecule has 1 atom stereocenters. The van der Waals surface area contributed by atoms with Gasteiger partial charge in [0.15, 0.2) is 0 Å². The van der Waals surface area contributed by atoms with Crippen molar-refractivity contribution in [2.45, 2.75) is 12.5 Å². The lowest BCUT2D eigenvalue weighted by molar-refractivity contribution is 0.552. The quantitative estimate of drug-likeness (QED) is 0.598. The summed E-state index contributed by atoms with van der Waals surface area (Å²) in [6.07, 6.45) is 0.591. The predicted molar refractivity (Wildman–Crippen MR) is 86.7 cm³/mol. The lowest BCUT2D eigenvalue weighted by Crippen LogP contribution is -2.29. The minimum atomic E-state index is -0.138. The second-order valence-electron chi connectivity index (χ2n) is 4.31. The normalized spacial score (nSPS) is 12.4. The third kappa shape index (κ3) is 3.59. The molecule has 0 radical (unpaired) electrons. The van der Waals surface area contributed by atoms with Crippen LogP contribution in [0.3, 0.4) is 0 Å². The summed E-state index contributed by atoms with van der Waals surface area (Å²) in [6, 6.07) is 10.8. The highest BCUT2D eigenvalue weighted by Gasteiger charge is 2.15. The van der Waals surface area contributed by atoms with Gasteiger partial charge in [0, 0.05) is 0 Å². The van der Waals surface area contributed by atoms with Gasteiger partial charge >= 0.3 is 0 Å². The number of rotatable bonds is 4. The maximum absolute atomic E-state index is 6.19. The molecule has 2 aromatic rings. The van der Waals surface area contributed by atoms with Crippen LogP contribution in [-0.4, -0.2) is 0 Å². The van der Waals surface area contributed by atoms with Gasteiger partial charge in [-0.05, 0) is 35.7 Å². The first kappa shape index (κ1) is 15.9. The molecule has 0 aliphatic heterocycles. The maximum atomic E-state index is 6.19. The Morgan fingerprint density at radius 1 is 0.950 bits per heavy atom. The van der Waals surface area contributed by atoms with Gasteiger partial charge in [-0.3, -0.25) is 11.3 Å². The zero-order valence-electron chi connectivity index (χ0n) is 10.3. The van der Waals surface area contributed by atoms with Crippen LogP contribution in [0, 0.1) is 0 Å². The van der Waals surface area contributed by atoms with Gasteiger partial charge in [-0.1, -0.05) is 64.6 Å². The van der Waals surface area contributed by atoms with E-state index in [0.29, 0.717) is 26.5 Å². The molecule has 2 aromatic carbocycles. The van der Waals surface area contributed by atoms with E-state index in [1.807, 2.05) is 18.2 Å². The fourth-order valence-corrected chi connectivity index (χ4v) is 2.63. The van der Waals surface area contributed by atoms with Crippen LogP contribution < -0.4 is 11.3 Å². The van der Waals surface area contributed by atoms with Crippen molar-refractivity contribution in [1.82, 2.24) is 5.43 Å². The van der Waals surface area contributed by atoms with E-state index in [1.54, 1.807) is 18.2 Å². The fraction of sp³-hybridized carbons (Fsp3) is 0.143. The van der Waals surface area contributed by atoms with Gasteiger partial charge in [0.25, 0.3) is 0 Å². The lowest BCUT2D eigenvalue weighted by Gasteiger charge is -2.18. The molecule has 2 rings (SSSR count). The molecule has 0 heterocycles. The van der Waals surface area contributed by atoms with Crippen molar-refractivity contribution < 1.29 is 0 Å². The van der Waals surface area contributed by atoms with E-state index in [2.05, 4.69) is 5.43 Å². The van der Waals surface area contributed by atoms with E-state index in [0.717, 1.165) is 11.1 Å². The summed E-state index contributed by atoms with van der Waals surface area (Å²) in [5, 5.41) is 2.05. The van der Waals surface area contributed by atoms with Crippen LogP contribution in [0.15, 0.2) is 36.4 Å². The number of hydrogen-bond donors (Lipinski definition) is 2. The SMILES string of the molecule is NNC(Cc1cccc(Cl)c1Cl)c1ccc(Cl)c(Cl)c1. The van der Waals surface area contributed by atoms with E-state index >= 15 is 0 Å². The Balaban J connectivity index is 2.28. The lowest BCUT2D eigenvalue weighted by atomic mass is 9.99. The zero-order valence-corrected chi connectivity index (χ0v) is 13.4. The molecule has 0 fully saturated rings. The first-order chi connectivity index (χ1) is 9.52. The van der Waals surface area contributed by atoms with E-state index in [-0.39, 0.29) is 6.04 Å². The molecule has 6 heteroatoms. The van der Waals surface area contributed by atoms with E-state index in [9.17, 15) is 0 Å². The van der Waals surface area contributed by atoms with Gasteiger partial charge in [-0.25, -0.2) is 0 Å². The molecule has 0 amide bonds. The number of benzene rings is 2. The van der Waals surface area contributed by atoms with Crippen molar-refractivity contribution in [2.24, 2.45) is 5.84 Å². The van der Waals surface area contributed by atoms with Crippen LogP contribution in [0.2, 0.25) is 20.1 Å². The third-order valence-corrected chi connectivity index (χ3v) is 4.60. The summed E-state index contributed by atoms with van der Waals surface area (Å²) in [4.78, 5) is 0. The second-order valence-corrected chi connectivity index (χ2v) is 5.91. The Kier molecular flexibility index (Phi) is 5.56. The van der Waals surface area contributed by atoms with Crippen molar-refractivity contribution in [1.29, 1.82) is 0 Å². The largest absolute Gasteiger partial charge is 0.271 e. The average molecular weight is 350 g/mol. The van der Waals surface area contributed by atoms with E-state index in [4.69, 9.17) is 52.2 Å². The first-order valence-electron chi connectivity index (χ1n) is 5.87. The molecule has 0 aliphatic rings. The molecule has 0 spiro atoms. The predicted octanol–water partition coefficient (Wildman–Crippen LogP) is 5.05. The van der Waals surface area contributed by atoms with Crippen molar-refractivity contribution in [3.63, 3.8) is 0 Å². The Morgan fingerprint density at radius 3 is 2.35 bits per heavy atom. The van der Waals surface area contributed by atoms with E-state index < -0.39 is 0 Å². The average Bonchev–Trinajstić information content (AvgIpc) is 2.44. The summed E-state index contributed by atoms with van der Waals surface area (Å²) in [5.41, 5.74) is 4.60. The molecule has 0 saturated heterocycles. The Labute approximate surface area is 137 Å². The van der Waals surface area contributed by atoms with Gasteiger partial charge in [-0.15, -0.1) is 0 Å². The number of halogens is 4. The van der Waals surface area contributed by atoms with Gasteiger partial charge in [0.2, 0.25) is 0 Å². The van der Waals surface area contributed by atoms with Crippen LogP contribution in [0.4, 0.5) is 0 Å². The first-order valence-corrected chi connectivity index (χ1v) is 7.38. The highest BCUT2D eigenvalue weighted by molar-refractivity contribution is 6.42. The molecule has 20 heavy (non-hydrogen) atoms. The molecule has 0 bridgehead atoms. The van der Waals surface area contributed by atoms with Crippen LogP contribution in [-0.2, 0) is 6.42 Å². The summed E-state index contributed by atoms with van der Waals surface area (Å²) in [5.74, 6) is 5.63. The van der Waals surface area contributed by atoms with Gasteiger partial charge in [-0.2, -0.15) is 0 Å². The Bertz CT molecular complexity index is 616. The van der Waals surface area contributed by atoms with Crippen molar-refractivity contribution >= 4 is 46.4 Å². The molecule has 106 valence electrons. The molecule has 3 N–H and O–H groups in total. The molecule has 0 aromatic heterocycles. The summed E-state index contributed by atoms with van der Waals surface area (Å²) < 4.78 is 0. The molecule has 2 nitrogen and oxygen atoms in total. The van der Waals surface area contributed by atoms with Crippen LogP contribution >= 0.6 is 46.4 Å². The number of nitrogens with two attached hydrogens (primary N) is 1. The van der Waals surface area contributed by atoms with Crippen molar-refractivity contribution in [3.05, 3.63) is 67.6 Å². The highest BCUT2D eigenvalue weighted by Crippen LogP contribution is 2.31. The number of hydrazine groups is 1. The smallest absolute Gasteiger partial charge is 0.0624 e. The van der Waals surface area contributed by atoms with E-state index in [1.165, 1.54) is 0 Å². The molecular weight excluding hydrogens is 338 g/mol. The third-order valence-electron chi connectivity index (χ3n) is 3.00. The highest BCUT2D eigenvalue weighted by atomic mass is 35.5. The Morgan fingerprint density at radius 2 is 1.70 bits per heavy atom. The summed E-state index contributed by atoms with van der Waals surface area (Å²) in [6.45, 7) is 0. The fourth-order valence-electron chi connectivity index (χ4n) is 1.93. The van der Waals surface area contributed by atoms with Gasteiger partial charge in [0.05, 0.1) is 26.1 Å². The van der Waals surface area contributed by atoms with Crippen LogP contribution in [0.25, 0.3) is 0 Å². The Hall–Kier alpha value is -0.480. The standard InChI is InChI=1S/C14H12Cl4N2/c15-10-5-4-8(6-12(10)17)13(20-19)7-9-2-1-3-11(16)14(9)18/h1-6,13,20H,7,19H2. The summed E-state index contributed by atoms with van der Waals surface area (Å²) in [7, 11) is 0. The molecule has 0 saturated carbocycles.